The predicted octanol–water partition coefficient (Wildman–Crippen LogP) is 2.03. The molecule has 6 heteroatoms. The number of hydrogen-bond donors (Lipinski definition) is 3. The van der Waals surface area contributed by atoms with E-state index in [0.29, 0.717) is 19.4 Å². The van der Waals surface area contributed by atoms with Crippen LogP contribution in [0.2, 0.25) is 0 Å². The van der Waals surface area contributed by atoms with Gasteiger partial charge in [-0.3, -0.25) is 9.59 Å². The maximum absolute atomic E-state index is 12.0. The van der Waals surface area contributed by atoms with Gasteiger partial charge in [0.15, 0.2) is 0 Å². The van der Waals surface area contributed by atoms with Crippen LogP contribution < -0.4 is 5.32 Å². The first-order chi connectivity index (χ1) is 10.1. The lowest BCUT2D eigenvalue weighted by Gasteiger charge is -2.27. The average Bonchev–Trinajstić information content (AvgIpc) is 2.69. The van der Waals surface area contributed by atoms with Crippen LogP contribution in [0, 0.1) is 5.41 Å². The molecule has 0 bridgehead atoms. The highest BCUT2D eigenvalue weighted by Gasteiger charge is 2.40. The summed E-state index contributed by atoms with van der Waals surface area (Å²) in [5, 5.41) is 21.0. The Morgan fingerprint density at radius 3 is 2.33 bits per heavy atom. The van der Waals surface area contributed by atoms with Crippen molar-refractivity contribution in [1.29, 1.82) is 0 Å². The summed E-state index contributed by atoms with van der Waals surface area (Å²) in [6.45, 7) is 0.755. The number of carboxylic acids is 1. The molecule has 0 aromatic heterocycles. The fourth-order valence-electron chi connectivity index (χ4n) is 2.77. The molecular formula is C15H27NO4S. The zero-order chi connectivity index (χ0) is 15.6. The second kappa shape index (κ2) is 10.1. The number of thioether (sulfide) groups is 1. The van der Waals surface area contributed by atoms with Crippen LogP contribution in [0.5, 0.6) is 0 Å². The highest BCUT2D eigenvalue weighted by atomic mass is 32.2. The van der Waals surface area contributed by atoms with E-state index in [1.165, 1.54) is 0 Å². The Bertz CT molecular complexity index is 328. The van der Waals surface area contributed by atoms with E-state index in [0.717, 1.165) is 43.6 Å². The van der Waals surface area contributed by atoms with Crippen LogP contribution >= 0.6 is 11.8 Å². The van der Waals surface area contributed by atoms with Gasteiger partial charge in [-0.1, -0.05) is 25.7 Å². The minimum absolute atomic E-state index is 0.101. The standard InChI is InChI=1S/C15H27NO4S/c17-9-5-10-21-11-8-16-13(18)12-15(14(19)20)6-3-1-2-4-7-15/h17H,1-12H2,(H,16,18)(H,19,20). The van der Waals surface area contributed by atoms with Gasteiger partial charge in [-0.25, -0.2) is 0 Å². The van der Waals surface area contributed by atoms with Gasteiger partial charge < -0.3 is 15.5 Å². The van der Waals surface area contributed by atoms with E-state index in [1.807, 2.05) is 0 Å². The molecule has 21 heavy (non-hydrogen) atoms. The van der Waals surface area contributed by atoms with E-state index >= 15 is 0 Å². The van der Waals surface area contributed by atoms with Gasteiger partial charge in [0, 0.05) is 25.3 Å². The van der Waals surface area contributed by atoms with E-state index in [1.54, 1.807) is 11.8 Å². The lowest BCUT2D eigenvalue weighted by atomic mass is 9.77. The van der Waals surface area contributed by atoms with Crippen molar-refractivity contribution in [3.63, 3.8) is 0 Å². The number of nitrogens with one attached hydrogen (secondary N) is 1. The SMILES string of the molecule is O=C(CC1(C(=O)O)CCCCCC1)NCCSCCCO. The summed E-state index contributed by atoms with van der Waals surface area (Å²) in [5.41, 5.74) is -0.857. The maximum atomic E-state index is 12.0. The van der Waals surface area contributed by atoms with Gasteiger partial charge in [0.2, 0.25) is 5.91 Å². The maximum Gasteiger partial charge on any atom is 0.310 e. The Labute approximate surface area is 130 Å². The Kier molecular flexibility index (Phi) is 8.76. The van der Waals surface area contributed by atoms with Gasteiger partial charge in [-0.2, -0.15) is 11.8 Å². The number of amides is 1. The summed E-state index contributed by atoms with van der Waals surface area (Å²) in [7, 11) is 0. The molecule has 1 aliphatic carbocycles. The van der Waals surface area contributed by atoms with Gasteiger partial charge in [0.25, 0.3) is 0 Å². The Balaban J connectivity index is 2.33. The van der Waals surface area contributed by atoms with E-state index in [2.05, 4.69) is 5.32 Å². The lowest BCUT2D eigenvalue weighted by Crippen LogP contribution is -2.38. The van der Waals surface area contributed by atoms with Crippen LogP contribution in [0.3, 0.4) is 0 Å². The van der Waals surface area contributed by atoms with E-state index in [-0.39, 0.29) is 18.9 Å². The lowest BCUT2D eigenvalue weighted by molar-refractivity contribution is -0.152. The van der Waals surface area contributed by atoms with Crippen LogP contribution in [-0.4, -0.2) is 46.7 Å². The van der Waals surface area contributed by atoms with Crippen molar-refractivity contribution in [3.05, 3.63) is 0 Å². The van der Waals surface area contributed by atoms with Crippen molar-refractivity contribution >= 4 is 23.6 Å². The molecule has 0 spiro atoms. The molecule has 1 aliphatic rings. The van der Waals surface area contributed by atoms with Crippen LogP contribution in [0.4, 0.5) is 0 Å². The quantitative estimate of drug-likeness (QED) is 0.447. The summed E-state index contributed by atoms with van der Waals surface area (Å²) in [6, 6.07) is 0. The smallest absolute Gasteiger partial charge is 0.310 e. The van der Waals surface area contributed by atoms with Crippen molar-refractivity contribution in [2.24, 2.45) is 5.41 Å². The summed E-state index contributed by atoms with van der Waals surface area (Å²) in [4.78, 5) is 23.6. The first-order valence-electron chi connectivity index (χ1n) is 7.79. The third kappa shape index (κ3) is 6.70. The molecule has 1 amide bonds. The number of carbonyl (C=O) groups is 2. The van der Waals surface area contributed by atoms with Gasteiger partial charge in [-0.05, 0) is 25.0 Å². The number of hydrogen-bond acceptors (Lipinski definition) is 4. The topological polar surface area (TPSA) is 86.6 Å². The van der Waals surface area contributed by atoms with Crippen molar-refractivity contribution < 1.29 is 19.8 Å². The minimum atomic E-state index is -0.857. The Hall–Kier alpha value is -0.750. The largest absolute Gasteiger partial charge is 0.481 e. The number of rotatable bonds is 9. The summed E-state index contributed by atoms with van der Waals surface area (Å²) >= 11 is 1.68. The molecule has 5 nitrogen and oxygen atoms in total. The summed E-state index contributed by atoms with van der Waals surface area (Å²) in [5.74, 6) is 0.705. The monoisotopic (exact) mass is 317 g/mol. The molecule has 3 N–H and O–H groups in total. The first kappa shape index (κ1) is 18.3. The fraction of sp³-hybridized carbons (Fsp3) is 0.867. The minimum Gasteiger partial charge on any atom is -0.481 e. The van der Waals surface area contributed by atoms with Crippen LogP contribution in [0.1, 0.15) is 51.4 Å². The van der Waals surface area contributed by atoms with Gasteiger partial charge in [0.1, 0.15) is 0 Å². The molecule has 0 radical (unpaired) electrons. The predicted molar refractivity (Wildman–Crippen MR) is 84.4 cm³/mol. The van der Waals surface area contributed by atoms with Crippen LogP contribution in [-0.2, 0) is 9.59 Å². The van der Waals surface area contributed by atoms with Crippen molar-refractivity contribution in [1.82, 2.24) is 5.32 Å². The zero-order valence-corrected chi connectivity index (χ0v) is 13.4. The number of carboxylic acid groups (broad SMARTS) is 1. The van der Waals surface area contributed by atoms with Crippen molar-refractivity contribution in [3.8, 4) is 0 Å². The molecular weight excluding hydrogens is 290 g/mol. The second-order valence-corrected chi connectivity index (χ2v) is 6.94. The molecule has 122 valence electrons. The molecule has 0 atom stereocenters. The molecule has 1 rings (SSSR count). The fourth-order valence-corrected chi connectivity index (χ4v) is 3.56. The van der Waals surface area contributed by atoms with E-state index in [4.69, 9.17) is 5.11 Å². The molecule has 1 saturated carbocycles. The molecule has 0 heterocycles. The third-order valence-electron chi connectivity index (χ3n) is 4.03. The van der Waals surface area contributed by atoms with Crippen molar-refractivity contribution in [2.75, 3.05) is 24.7 Å². The first-order valence-corrected chi connectivity index (χ1v) is 8.95. The molecule has 0 unspecified atom stereocenters. The Morgan fingerprint density at radius 1 is 1.10 bits per heavy atom. The highest BCUT2D eigenvalue weighted by Crippen LogP contribution is 2.38. The number of carbonyl (C=O) groups excluding carboxylic acids is 1. The molecule has 0 aromatic carbocycles. The zero-order valence-electron chi connectivity index (χ0n) is 12.6. The van der Waals surface area contributed by atoms with Gasteiger partial charge in [0.05, 0.1) is 5.41 Å². The normalized spacial score (nSPS) is 18.0. The second-order valence-electron chi connectivity index (χ2n) is 5.72. The highest BCUT2D eigenvalue weighted by molar-refractivity contribution is 7.99. The van der Waals surface area contributed by atoms with Gasteiger partial charge >= 0.3 is 5.97 Å². The van der Waals surface area contributed by atoms with Crippen LogP contribution in [0.25, 0.3) is 0 Å². The van der Waals surface area contributed by atoms with Crippen LogP contribution in [0.15, 0.2) is 0 Å². The average molecular weight is 317 g/mol. The number of aliphatic hydroxyl groups is 1. The summed E-state index contributed by atoms with van der Waals surface area (Å²) in [6.07, 6.45) is 6.02. The Morgan fingerprint density at radius 2 is 1.76 bits per heavy atom. The summed E-state index contributed by atoms with van der Waals surface area (Å²) < 4.78 is 0. The molecule has 1 fully saturated rings. The number of aliphatic carboxylic acids is 1. The molecule has 0 aromatic rings. The van der Waals surface area contributed by atoms with E-state index in [9.17, 15) is 14.7 Å². The van der Waals surface area contributed by atoms with Crippen molar-refractivity contribution in [2.45, 2.75) is 51.4 Å². The van der Waals surface area contributed by atoms with E-state index < -0.39 is 11.4 Å². The third-order valence-corrected chi connectivity index (χ3v) is 5.10. The number of aliphatic hydroxyl groups excluding tert-OH is 1. The molecule has 0 saturated heterocycles. The molecule has 0 aliphatic heterocycles. The van der Waals surface area contributed by atoms with Gasteiger partial charge in [-0.15, -0.1) is 0 Å².